The Labute approximate surface area is 181 Å². The van der Waals surface area contributed by atoms with Crippen molar-refractivity contribution < 1.29 is 0 Å². The molecule has 3 aromatic heterocycles. The topological polar surface area (TPSA) is 92.6 Å². The first-order chi connectivity index (χ1) is 15.1. The molecular formula is C23H29N7O. The maximum atomic E-state index is 12.1. The van der Waals surface area contributed by atoms with Crippen LogP contribution >= 0.6 is 0 Å². The van der Waals surface area contributed by atoms with Crippen LogP contribution in [0.4, 0.5) is 5.82 Å². The quantitative estimate of drug-likeness (QED) is 0.701. The van der Waals surface area contributed by atoms with Gasteiger partial charge < -0.3 is 14.5 Å². The summed E-state index contributed by atoms with van der Waals surface area (Å²) in [5, 5.41) is 9.09. The Morgan fingerprint density at radius 1 is 1.06 bits per heavy atom. The highest BCUT2D eigenvalue weighted by atomic mass is 16.1. The van der Waals surface area contributed by atoms with Gasteiger partial charge in [0.1, 0.15) is 23.3 Å². The van der Waals surface area contributed by atoms with Gasteiger partial charge in [0.2, 0.25) is 0 Å². The van der Waals surface area contributed by atoms with E-state index in [1.807, 2.05) is 19.1 Å². The van der Waals surface area contributed by atoms with E-state index in [-0.39, 0.29) is 5.56 Å². The summed E-state index contributed by atoms with van der Waals surface area (Å²) in [6.07, 6.45) is 8.80. The molecule has 1 saturated heterocycles. The zero-order chi connectivity index (χ0) is 21.4. The summed E-state index contributed by atoms with van der Waals surface area (Å²) in [5.74, 6) is 4.20. The monoisotopic (exact) mass is 419 g/mol. The van der Waals surface area contributed by atoms with Crippen molar-refractivity contribution in [1.82, 2.24) is 29.7 Å². The molecule has 0 aliphatic carbocycles. The fourth-order valence-electron chi connectivity index (χ4n) is 4.70. The standard InChI is InChI=1S/C23H29N7O/c1-15-16(2)25-21(26-23(15)31)17-9-10-19(24-13-17)29-11-6-7-18(14-29)22-28-27-20-8-4-3-5-12-30(20)22/h9-10,13,18H,3-8,11-12,14H2,1-2H3,(H,25,26,31). The summed E-state index contributed by atoms with van der Waals surface area (Å²) in [6.45, 7) is 6.58. The van der Waals surface area contributed by atoms with Crippen molar-refractivity contribution >= 4 is 5.82 Å². The molecule has 1 fully saturated rings. The summed E-state index contributed by atoms with van der Waals surface area (Å²) in [5.41, 5.74) is 2.12. The lowest BCUT2D eigenvalue weighted by Crippen LogP contribution is -2.36. The summed E-state index contributed by atoms with van der Waals surface area (Å²) < 4.78 is 2.37. The molecule has 0 amide bonds. The average molecular weight is 420 g/mol. The fraction of sp³-hybridized carbons (Fsp3) is 0.522. The number of rotatable bonds is 3. The second-order valence-electron chi connectivity index (χ2n) is 8.75. The Bertz CT molecular complexity index is 1130. The molecule has 0 spiro atoms. The summed E-state index contributed by atoms with van der Waals surface area (Å²) in [4.78, 5) is 26.5. The van der Waals surface area contributed by atoms with E-state index in [9.17, 15) is 4.79 Å². The van der Waals surface area contributed by atoms with Crippen molar-refractivity contribution in [3.8, 4) is 11.4 Å². The highest BCUT2D eigenvalue weighted by Gasteiger charge is 2.28. The Hall–Kier alpha value is -3.03. The number of fused-ring (bicyclic) bond motifs is 1. The van der Waals surface area contributed by atoms with Gasteiger partial charge in [-0.25, -0.2) is 9.97 Å². The number of anilines is 1. The number of aromatic nitrogens is 6. The Kier molecular flexibility index (Phi) is 5.29. The number of aromatic amines is 1. The Morgan fingerprint density at radius 3 is 2.77 bits per heavy atom. The van der Waals surface area contributed by atoms with Crippen LogP contribution in [0.3, 0.4) is 0 Å². The van der Waals surface area contributed by atoms with Gasteiger partial charge in [0.25, 0.3) is 5.56 Å². The third-order valence-electron chi connectivity index (χ3n) is 6.66. The number of hydrogen-bond donors (Lipinski definition) is 1. The molecule has 1 N–H and O–H groups in total. The van der Waals surface area contributed by atoms with Crippen molar-refractivity contribution in [2.75, 3.05) is 18.0 Å². The van der Waals surface area contributed by atoms with E-state index in [4.69, 9.17) is 4.98 Å². The summed E-state index contributed by atoms with van der Waals surface area (Å²) in [6, 6.07) is 4.01. The van der Waals surface area contributed by atoms with Crippen molar-refractivity contribution in [3.63, 3.8) is 0 Å². The molecule has 8 nitrogen and oxygen atoms in total. The van der Waals surface area contributed by atoms with Gasteiger partial charge in [-0.1, -0.05) is 6.42 Å². The zero-order valence-electron chi connectivity index (χ0n) is 18.3. The van der Waals surface area contributed by atoms with Crippen LogP contribution in [0.5, 0.6) is 0 Å². The van der Waals surface area contributed by atoms with Crippen LogP contribution in [0.1, 0.15) is 60.9 Å². The second-order valence-corrected chi connectivity index (χ2v) is 8.75. The highest BCUT2D eigenvalue weighted by molar-refractivity contribution is 5.56. The molecule has 2 aliphatic rings. The first-order valence-electron chi connectivity index (χ1n) is 11.3. The first kappa shape index (κ1) is 19.9. The van der Waals surface area contributed by atoms with E-state index in [2.05, 4.69) is 29.6 Å². The predicted octanol–water partition coefficient (Wildman–Crippen LogP) is 3.15. The molecule has 162 valence electrons. The van der Waals surface area contributed by atoms with Crippen LogP contribution in [0.2, 0.25) is 0 Å². The van der Waals surface area contributed by atoms with Gasteiger partial charge in [-0.15, -0.1) is 10.2 Å². The minimum absolute atomic E-state index is 0.0992. The lowest BCUT2D eigenvalue weighted by molar-refractivity contribution is 0.464. The highest BCUT2D eigenvalue weighted by Crippen LogP contribution is 2.30. The van der Waals surface area contributed by atoms with Crippen molar-refractivity contribution in [1.29, 1.82) is 0 Å². The molecule has 2 aliphatic heterocycles. The number of nitrogens with zero attached hydrogens (tertiary/aromatic N) is 6. The molecule has 31 heavy (non-hydrogen) atoms. The number of hydrogen-bond acceptors (Lipinski definition) is 6. The van der Waals surface area contributed by atoms with E-state index >= 15 is 0 Å². The van der Waals surface area contributed by atoms with Crippen molar-refractivity contribution in [2.24, 2.45) is 0 Å². The van der Waals surface area contributed by atoms with E-state index in [1.165, 1.54) is 19.3 Å². The molecule has 5 heterocycles. The van der Waals surface area contributed by atoms with Gasteiger partial charge in [-0.2, -0.15) is 0 Å². The fourth-order valence-corrected chi connectivity index (χ4v) is 4.70. The molecule has 3 aromatic rings. The maximum absolute atomic E-state index is 12.1. The number of piperidine rings is 1. The van der Waals surface area contributed by atoms with Crippen molar-refractivity contribution in [3.05, 3.63) is 51.6 Å². The molecule has 5 rings (SSSR count). The van der Waals surface area contributed by atoms with E-state index < -0.39 is 0 Å². The van der Waals surface area contributed by atoms with E-state index in [0.29, 0.717) is 17.3 Å². The smallest absolute Gasteiger partial charge is 0.254 e. The molecule has 1 unspecified atom stereocenters. The third kappa shape index (κ3) is 3.86. The molecule has 0 radical (unpaired) electrons. The van der Waals surface area contributed by atoms with E-state index in [0.717, 1.165) is 67.6 Å². The van der Waals surface area contributed by atoms with Crippen LogP contribution < -0.4 is 10.5 Å². The summed E-state index contributed by atoms with van der Waals surface area (Å²) in [7, 11) is 0. The van der Waals surface area contributed by atoms with Gasteiger partial charge in [0.05, 0.1) is 0 Å². The van der Waals surface area contributed by atoms with Crippen molar-refractivity contribution in [2.45, 2.75) is 64.8 Å². The van der Waals surface area contributed by atoms with Crippen LogP contribution in [0.15, 0.2) is 23.1 Å². The predicted molar refractivity (Wildman–Crippen MR) is 119 cm³/mol. The molecular weight excluding hydrogens is 390 g/mol. The second kappa shape index (κ2) is 8.24. The number of pyridine rings is 1. The molecule has 0 aromatic carbocycles. The maximum Gasteiger partial charge on any atom is 0.254 e. The lowest BCUT2D eigenvalue weighted by Gasteiger charge is -2.33. The largest absolute Gasteiger partial charge is 0.356 e. The molecule has 8 heteroatoms. The van der Waals surface area contributed by atoms with Crippen LogP contribution in [-0.4, -0.2) is 42.8 Å². The van der Waals surface area contributed by atoms with Crippen LogP contribution in [0, 0.1) is 13.8 Å². The SMILES string of the molecule is Cc1nc(-c2ccc(N3CCCC(c4nnc5n4CCCCC5)C3)nc2)[nH]c(=O)c1C. The minimum atomic E-state index is -0.0992. The molecule has 1 atom stereocenters. The molecule has 0 bridgehead atoms. The van der Waals surface area contributed by atoms with Gasteiger partial charge >= 0.3 is 0 Å². The average Bonchev–Trinajstić information content (AvgIpc) is 3.05. The van der Waals surface area contributed by atoms with Gasteiger partial charge in [0.15, 0.2) is 0 Å². The van der Waals surface area contributed by atoms with E-state index in [1.54, 1.807) is 13.1 Å². The van der Waals surface area contributed by atoms with Gasteiger partial charge in [-0.05, 0) is 51.7 Å². The first-order valence-corrected chi connectivity index (χ1v) is 11.3. The normalized spacial score (nSPS) is 19.2. The number of nitrogens with one attached hydrogen (secondary N) is 1. The van der Waals surface area contributed by atoms with Gasteiger partial charge in [0, 0.05) is 55.0 Å². The minimum Gasteiger partial charge on any atom is -0.356 e. The van der Waals surface area contributed by atoms with Gasteiger partial charge in [-0.3, -0.25) is 4.79 Å². The summed E-state index contributed by atoms with van der Waals surface area (Å²) >= 11 is 0. The third-order valence-corrected chi connectivity index (χ3v) is 6.66. The van der Waals surface area contributed by atoms with Crippen LogP contribution in [-0.2, 0) is 13.0 Å². The number of aryl methyl sites for hydroxylation is 2. The molecule has 0 saturated carbocycles. The van der Waals surface area contributed by atoms with Crippen LogP contribution in [0.25, 0.3) is 11.4 Å². The lowest BCUT2D eigenvalue weighted by atomic mass is 9.97. The zero-order valence-corrected chi connectivity index (χ0v) is 18.3. The Morgan fingerprint density at radius 2 is 1.97 bits per heavy atom. The Balaban J connectivity index is 1.35. The number of H-pyrrole nitrogens is 1.